The van der Waals surface area contributed by atoms with Crippen LogP contribution in [0.3, 0.4) is 0 Å². The topological polar surface area (TPSA) is 29.1 Å². The van der Waals surface area contributed by atoms with Crippen molar-refractivity contribution in [2.45, 2.75) is 32.7 Å². The Hall–Kier alpha value is -0.540. The lowest BCUT2D eigenvalue weighted by molar-refractivity contribution is -0.121. The Kier molecular flexibility index (Phi) is 5.12. The average Bonchev–Trinajstić information content (AvgIpc) is 2.51. The highest BCUT2D eigenvalue weighted by Crippen LogP contribution is 2.16. The third-order valence-corrected chi connectivity index (χ3v) is 3.24. The largest absolute Gasteiger partial charge is 0.353 e. The Labute approximate surface area is 99.6 Å². The Bertz CT molecular complexity index is 324. The van der Waals surface area contributed by atoms with E-state index in [0.29, 0.717) is 12.3 Å². The molecule has 0 fully saturated rings. The van der Waals surface area contributed by atoms with E-state index >= 15 is 0 Å². The summed E-state index contributed by atoms with van der Waals surface area (Å²) in [7, 11) is 0. The van der Waals surface area contributed by atoms with Crippen molar-refractivity contribution in [3.8, 4) is 0 Å². The summed E-state index contributed by atoms with van der Waals surface area (Å²) in [6, 6.07) is 4.40. The van der Waals surface area contributed by atoms with Gasteiger partial charge in [0.1, 0.15) is 0 Å². The second-order valence-electron chi connectivity index (χ2n) is 3.62. The van der Waals surface area contributed by atoms with E-state index in [9.17, 15) is 4.79 Å². The standard InChI is InChI=1S/C11H16ClNOS/c1-8(13-11(14)5-6-12)7-10-4-3-9(2)15-10/h3-4,8H,5-7H2,1-2H3,(H,13,14). The summed E-state index contributed by atoms with van der Waals surface area (Å²) in [5.74, 6) is 0.419. The van der Waals surface area contributed by atoms with Crippen molar-refractivity contribution in [1.82, 2.24) is 5.32 Å². The van der Waals surface area contributed by atoms with Crippen LogP contribution in [0.4, 0.5) is 0 Å². The maximum atomic E-state index is 11.3. The lowest BCUT2D eigenvalue weighted by Gasteiger charge is -2.12. The number of alkyl halides is 1. The molecule has 0 radical (unpaired) electrons. The lowest BCUT2D eigenvalue weighted by Crippen LogP contribution is -2.33. The van der Waals surface area contributed by atoms with Crippen LogP contribution in [-0.4, -0.2) is 17.8 Å². The van der Waals surface area contributed by atoms with Crippen LogP contribution in [0.25, 0.3) is 0 Å². The normalized spacial score (nSPS) is 12.5. The summed E-state index contributed by atoms with van der Waals surface area (Å²) in [5.41, 5.74) is 0. The third-order valence-electron chi connectivity index (χ3n) is 2.03. The highest BCUT2D eigenvalue weighted by atomic mass is 35.5. The van der Waals surface area contributed by atoms with E-state index in [4.69, 9.17) is 11.6 Å². The first-order chi connectivity index (χ1) is 7.11. The van der Waals surface area contributed by atoms with Crippen LogP contribution in [0, 0.1) is 6.92 Å². The Morgan fingerprint density at radius 1 is 1.60 bits per heavy atom. The number of carbonyl (C=O) groups is 1. The van der Waals surface area contributed by atoms with Gasteiger partial charge in [-0.25, -0.2) is 0 Å². The smallest absolute Gasteiger partial charge is 0.221 e. The van der Waals surface area contributed by atoms with Crippen LogP contribution in [0.15, 0.2) is 12.1 Å². The molecule has 0 bridgehead atoms. The van der Waals surface area contributed by atoms with Crippen LogP contribution in [0.1, 0.15) is 23.1 Å². The number of halogens is 1. The van der Waals surface area contributed by atoms with Gasteiger partial charge in [-0.2, -0.15) is 0 Å². The molecule has 84 valence electrons. The molecule has 1 unspecified atom stereocenters. The number of hydrogen-bond acceptors (Lipinski definition) is 2. The Balaban J connectivity index is 2.35. The van der Waals surface area contributed by atoms with Crippen molar-refractivity contribution >= 4 is 28.8 Å². The second kappa shape index (κ2) is 6.13. The molecule has 1 heterocycles. The highest BCUT2D eigenvalue weighted by molar-refractivity contribution is 7.11. The second-order valence-corrected chi connectivity index (χ2v) is 5.37. The van der Waals surface area contributed by atoms with E-state index < -0.39 is 0 Å². The maximum absolute atomic E-state index is 11.3. The van der Waals surface area contributed by atoms with Gasteiger partial charge in [-0.15, -0.1) is 22.9 Å². The average molecular weight is 246 g/mol. The van der Waals surface area contributed by atoms with Crippen molar-refractivity contribution in [2.75, 3.05) is 5.88 Å². The van der Waals surface area contributed by atoms with Crippen molar-refractivity contribution in [3.05, 3.63) is 21.9 Å². The van der Waals surface area contributed by atoms with Crippen LogP contribution in [0.2, 0.25) is 0 Å². The molecule has 0 saturated heterocycles. The summed E-state index contributed by atoms with van der Waals surface area (Å²) in [5, 5.41) is 2.92. The number of carbonyl (C=O) groups excluding carboxylic acids is 1. The van der Waals surface area contributed by atoms with Gasteiger partial charge in [-0.3, -0.25) is 4.79 Å². The van der Waals surface area contributed by atoms with Crippen molar-refractivity contribution in [1.29, 1.82) is 0 Å². The third kappa shape index (κ3) is 4.67. The van der Waals surface area contributed by atoms with E-state index in [1.54, 1.807) is 11.3 Å². The molecule has 1 N–H and O–H groups in total. The maximum Gasteiger partial charge on any atom is 0.221 e. The quantitative estimate of drug-likeness (QED) is 0.795. The first-order valence-corrected chi connectivity index (χ1v) is 6.37. The molecular formula is C11H16ClNOS. The van der Waals surface area contributed by atoms with Crippen molar-refractivity contribution in [3.63, 3.8) is 0 Å². The molecule has 1 amide bonds. The molecule has 0 saturated carbocycles. The summed E-state index contributed by atoms with van der Waals surface area (Å²) < 4.78 is 0. The molecular weight excluding hydrogens is 230 g/mol. The van der Waals surface area contributed by atoms with Crippen LogP contribution in [0.5, 0.6) is 0 Å². The van der Waals surface area contributed by atoms with Crippen LogP contribution >= 0.6 is 22.9 Å². The minimum atomic E-state index is 0.0331. The van der Waals surface area contributed by atoms with Gasteiger partial charge in [0.2, 0.25) is 5.91 Å². The monoisotopic (exact) mass is 245 g/mol. The van der Waals surface area contributed by atoms with E-state index in [-0.39, 0.29) is 11.9 Å². The SMILES string of the molecule is Cc1ccc(CC(C)NC(=O)CCCl)s1. The molecule has 1 rings (SSSR count). The molecule has 0 spiro atoms. The van der Waals surface area contributed by atoms with Gasteiger partial charge >= 0.3 is 0 Å². The summed E-state index contributed by atoms with van der Waals surface area (Å²) in [6.45, 7) is 4.10. The number of rotatable bonds is 5. The first kappa shape index (κ1) is 12.5. The molecule has 1 atom stereocenters. The molecule has 0 aliphatic rings. The predicted octanol–water partition coefficient (Wildman–Crippen LogP) is 2.73. The van der Waals surface area contributed by atoms with E-state index in [1.807, 2.05) is 6.92 Å². The Morgan fingerprint density at radius 2 is 2.33 bits per heavy atom. The summed E-state index contributed by atoms with van der Waals surface area (Å²) in [4.78, 5) is 13.9. The molecule has 0 aliphatic heterocycles. The van der Waals surface area contributed by atoms with E-state index in [0.717, 1.165) is 6.42 Å². The predicted molar refractivity (Wildman–Crippen MR) is 65.7 cm³/mol. The van der Waals surface area contributed by atoms with Gasteiger partial charge < -0.3 is 5.32 Å². The molecule has 2 nitrogen and oxygen atoms in total. The minimum Gasteiger partial charge on any atom is -0.353 e. The molecule has 15 heavy (non-hydrogen) atoms. The lowest BCUT2D eigenvalue weighted by atomic mass is 10.2. The van der Waals surface area contributed by atoms with E-state index in [2.05, 4.69) is 24.4 Å². The van der Waals surface area contributed by atoms with E-state index in [1.165, 1.54) is 9.75 Å². The van der Waals surface area contributed by atoms with Gasteiger partial charge in [0.05, 0.1) is 0 Å². The molecule has 0 aromatic carbocycles. The number of hydrogen-bond donors (Lipinski definition) is 1. The van der Waals surface area contributed by atoms with Crippen molar-refractivity contribution < 1.29 is 4.79 Å². The van der Waals surface area contributed by atoms with Gasteiger partial charge in [0, 0.05) is 34.5 Å². The summed E-state index contributed by atoms with van der Waals surface area (Å²) in [6.07, 6.45) is 1.29. The fourth-order valence-corrected chi connectivity index (χ4v) is 2.57. The summed E-state index contributed by atoms with van der Waals surface area (Å²) >= 11 is 7.26. The molecule has 1 aromatic rings. The molecule has 0 aliphatic carbocycles. The van der Waals surface area contributed by atoms with Gasteiger partial charge in [0.15, 0.2) is 0 Å². The zero-order valence-corrected chi connectivity index (χ0v) is 10.6. The number of nitrogens with one attached hydrogen (secondary N) is 1. The van der Waals surface area contributed by atoms with Gasteiger partial charge in [-0.05, 0) is 26.0 Å². The number of amides is 1. The zero-order valence-electron chi connectivity index (χ0n) is 9.05. The number of thiophene rings is 1. The number of aryl methyl sites for hydroxylation is 1. The molecule has 1 aromatic heterocycles. The van der Waals surface area contributed by atoms with Gasteiger partial charge in [-0.1, -0.05) is 0 Å². The van der Waals surface area contributed by atoms with Crippen molar-refractivity contribution in [2.24, 2.45) is 0 Å². The zero-order chi connectivity index (χ0) is 11.3. The van der Waals surface area contributed by atoms with Crippen LogP contribution in [-0.2, 0) is 11.2 Å². The fraction of sp³-hybridized carbons (Fsp3) is 0.545. The first-order valence-electron chi connectivity index (χ1n) is 5.02. The Morgan fingerprint density at radius 3 is 2.87 bits per heavy atom. The minimum absolute atomic E-state index is 0.0331. The molecule has 4 heteroatoms. The van der Waals surface area contributed by atoms with Gasteiger partial charge in [0.25, 0.3) is 0 Å². The highest BCUT2D eigenvalue weighted by Gasteiger charge is 2.08. The fourth-order valence-electron chi connectivity index (χ4n) is 1.38. The van der Waals surface area contributed by atoms with Crippen LogP contribution < -0.4 is 5.32 Å².